The van der Waals surface area contributed by atoms with Crippen molar-refractivity contribution in [2.24, 2.45) is 5.92 Å². The van der Waals surface area contributed by atoms with Crippen LogP contribution in [0.15, 0.2) is 36.8 Å². The Morgan fingerprint density at radius 2 is 1.96 bits per heavy atom. The molecule has 1 fully saturated rings. The second kappa shape index (κ2) is 7.90. The number of pyridine rings is 1. The van der Waals surface area contributed by atoms with Crippen molar-refractivity contribution >= 4 is 11.8 Å². The number of carbonyl (C=O) groups is 2. The summed E-state index contributed by atoms with van der Waals surface area (Å²) < 4.78 is 1.91. The molecule has 0 saturated heterocycles. The summed E-state index contributed by atoms with van der Waals surface area (Å²) in [5.41, 5.74) is 2.15. The summed E-state index contributed by atoms with van der Waals surface area (Å²) in [5.74, 6) is 0.402. The van der Waals surface area contributed by atoms with Crippen LogP contribution in [-0.2, 0) is 22.6 Å². The van der Waals surface area contributed by atoms with Gasteiger partial charge in [0.05, 0.1) is 24.7 Å². The largest absolute Gasteiger partial charge is 0.356 e. The zero-order valence-electron chi connectivity index (χ0n) is 15.4. The fourth-order valence-electron chi connectivity index (χ4n) is 3.80. The van der Waals surface area contributed by atoms with E-state index >= 15 is 0 Å². The highest BCUT2D eigenvalue weighted by Crippen LogP contribution is 2.31. The summed E-state index contributed by atoms with van der Waals surface area (Å²) in [4.78, 5) is 31.0. The molecule has 0 unspecified atom stereocenters. The molecule has 2 amide bonds. The molecule has 2 aliphatic rings. The van der Waals surface area contributed by atoms with Gasteiger partial charge in [-0.25, -0.2) is 0 Å². The van der Waals surface area contributed by atoms with E-state index in [9.17, 15) is 9.59 Å². The van der Waals surface area contributed by atoms with Gasteiger partial charge >= 0.3 is 0 Å². The van der Waals surface area contributed by atoms with Crippen LogP contribution in [0, 0.1) is 5.92 Å². The first-order valence-corrected chi connectivity index (χ1v) is 9.67. The lowest BCUT2D eigenvalue weighted by Crippen LogP contribution is -2.46. The van der Waals surface area contributed by atoms with Gasteiger partial charge in [0.15, 0.2) is 0 Å². The topological polar surface area (TPSA) is 80.1 Å². The molecule has 0 radical (unpaired) electrons. The Hall–Kier alpha value is -2.70. The van der Waals surface area contributed by atoms with E-state index in [-0.39, 0.29) is 23.8 Å². The molecule has 1 aliphatic heterocycles. The molecule has 2 aromatic heterocycles. The minimum atomic E-state index is -0.103. The number of aromatic nitrogens is 3. The molecule has 1 aliphatic carbocycles. The van der Waals surface area contributed by atoms with E-state index in [0.29, 0.717) is 26.1 Å². The molecule has 1 N–H and O–H groups in total. The lowest BCUT2D eigenvalue weighted by atomic mass is 9.84. The molecule has 7 heteroatoms. The van der Waals surface area contributed by atoms with Gasteiger partial charge in [0, 0.05) is 37.6 Å². The van der Waals surface area contributed by atoms with Crippen LogP contribution in [0.3, 0.4) is 0 Å². The van der Waals surface area contributed by atoms with E-state index in [2.05, 4.69) is 15.4 Å². The van der Waals surface area contributed by atoms with Crippen LogP contribution < -0.4 is 5.32 Å². The summed E-state index contributed by atoms with van der Waals surface area (Å²) in [6, 6.07) is 5.74. The van der Waals surface area contributed by atoms with E-state index in [4.69, 9.17) is 0 Å². The van der Waals surface area contributed by atoms with E-state index in [1.807, 2.05) is 27.8 Å². The van der Waals surface area contributed by atoms with E-state index in [1.54, 1.807) is 18.6 Å². The predicted molar refractivity (Wildman–Crippen MR) is 99.6 cm³/mol. The smallest absolute Gasteiger partial charge is 0.226 e. The van der Waals surface area contributed by atoms with Crippen LogP contribution in [0.25, 0.3) is 0 Å². The third kappa shape index (κ3) is 4.02. The number of carbonyl (C=O) groups excluding carboxylic acids is 2. The van der Waals surface area contributed by atoms with E-state index in [1.165, 1.54) is 0 Å². The number of rotatable bonds is 6. The fraction of sp³-hybridized carbons (Fsp3) is 0.500. The molecule has 7 nitrogen and oxygen atoms in total. The van der Waals surface area contributed by atoms with Crippen molar-refractivity contribution in [2.75, 3.05) is 13.1 Å². The molecule has 142 valence electrons. The van der Waals surface area contributed by atoms with Crippen LogP contribution in [0.1, 0.15) is 43.0 Å². The average Bonchev–Trinajstić information content (AvgIpc) is 3.10. The third-order valence-electron chi connectivity index (χ3n) is 5.55. The lowest BCUT2D eigenvalue weighted by Gasteiger charge is -2.37. The van der Waals surface area contributed by atoms with Crippen molar-refractivity contribution in [2.45, 2.75) is 44.7 Å². The molecule has 3 heterocycles. The van der Waals surface area contributed by atoms with Gasteiger partial charge in [-0.2, -0.15) is 5.10 Å². The molecule has 1 saturated carbocycles. The highest BCUT2D eigenvalue weighted by molar-refractivity contribution is 5.80. The third-order valence-corrected chi connectivity index (χ3v) is 5.55. The van der Waals surface area contributed by atoms with Crippen LogP contribution in [-0.4, -0.2) is 44.6 Å². The summed E-state index contributed by atoms with van der Waals surface area (Å²) in [7, 11) is 0. The zero-order chi connectivity index (χ0) is 18.6. The Labute approximate surface area is 158 Å². The SMILES string of the molecule is O=C(C[C@H]1CN(C(=O)C2CCC2)Cc2ccnn21)NCCc1ccncc1. The maximum absolute atomic E-state index is 12.7. The van der Waals surface area contributed by atoms with Crippen LogP contribution >= 0.6 is 0 Å². The van der Waals surface area contributed by atoms with Crippen molar-refractivity contribution in [3.05, 3.63) is 48.0 Å². The monoisotopic (exact) mass is 367 g/mol. The number of nitrogens with one attached hydrogen (secondary N) is 1. The second-order valence-electron chi connectivity index (χ2n) is 7.43. The lowest BCUT2D eigenvalue weighted by molar-refractivity contribution is -0.141. The number of fused-ring (bicyclic) bond motifs is 1. The normalized spacial score (nSPS) is 19.3. The maximum Gasteiger partial charge on any atom is 0.226 e. The summed E-state index contributed by atoms with van der Waals surface area (Å²) in [5, 5.41) is 7.37. The van der Waals surface area contributed by atoms with Crippen LogP contribution in [0.5, 0.6) is 0 Å². The van der Waals surface area contributed by atoms with Crippen molar-refractivity contribution < 1.29 is 9.59 Å². The highest BCUT2D eigenvalue weighted by atomic mass is 16.2. The molecular formula is C20H25N5O2. The minimum Gasteiger partial charge on any atom is -0.356 e. The molecule has 2 aromatic rings. The van der Waals surface area contributed by atoms with Crippen LogP contribution in [0.4, 0.5) is 0 Å². The first-order valence-electron chi connectivity index (χ1n) is 9.67. The van der Waals surface area contributed by atoms with Gasteiger partial charge in [-0.1, -0.05) is 6.42 Å². The molecule has 0 aromatic carbocycles. The Kier molecular flexibility index (Phi) is 5.18. The summed E-state index contributed by atoms with van der Waals surface area (Å²) in [6.45, 7) is 1.74. The summed E-state index contributed by atoms with van der Waals surface area (Å²) >= 11 is 0. The molecule has 1 atom stereocenters. The van der Waals surface area contributed by atoms with E-state index in [0.717, 1.165) is 36.9 Å². The highest BCUT2D eigenvalue weighted by Gasteiger charge is 2.35. The number of nitrogens with zero attached hydrogens (tertiary/aromatic N) is 4. The van der Waals surface area contributed by atoms with Crippen molar-refractivity contribution in [1.82, 2.24) is 25.0 Å². The molecule has 0 bridgehead atoms. The predicted octanol–water partition coefficient (Wildman–Crippen LogP) is 1.71. The number of hydrogen-bond donors (Lipinski definition) is 1. The number of hydrogen-bond acceptors (Lipinski definition) is 4. The van der Waals surface area contributed by atoms with E-state index < -0.39 is 0 Å². The van der Waals surface area contributed by atoms with Gasteiger partial charge in [0.2, 0.25) is 11.8 Å². The van der Waals surface area contributed by atoms with Crippen molar-refractivity contribution in [3.63, 3.8) is 0 Å². The second-order valence-corrected chi connectivity index (χ2v) is 7.43. The average molecular weight is 367 g/mol. The Morgan fingerprint density at radius 1 is 1.15 bits per heavy atom. The molecular weight excluding hydrogens is 342 g/mol. The Balaban J connectivity index is 1.34. The first kappa shape index (κ1) is 17.7. The fourth-order valence-corrected chi connectivity index (χ4v) is 3.80. The quantitative estimate of drug-likeness (QED) is 0.843. The van der Waals surface area contributed by atoms with Gasteiger partial charge in [-0.15, -0.1) is 0 Å². The van der Waals surface area contributed by atoms with Gasteiger partial charge in [-0.05, 0) is 43.0 Å². The number of amides is 2. The molecule has 0 spiro atoms. The summed E-state index contributed by atoms with van der Waals surface area (Å²) in [6.07, 6.45) is 9.51. The van der Waals surface area contributed by atoms with Gasteiger partial charge in [0.1, 0.15) is 0 Å². The van der Waals surface area contributed by atoms with Gasteiger partial charge < -0.3 is 10.2 Å². The molecule has 4 rings (SSSR count). The standard InChI is InChI=1S/C20H25N5O2/c26-19(22-10-6-15-4-8-21-9-5-15)12-18-14-24(20(27)16-2-1-3-16)13-17-7-11-23-25(17)18/h4-5,7-9,11,16,18H,1-3,6,10,12-14H2,(H,22,26)/t18-/m0/s1. The zero-order valence-corrected chi connectivity index (χ0v) is 15.4. The molecule has 27 heavy (non-hydrogen) atoms. The Bertz CT molecular complexity index is 800. The minimum absolute atomic E-state index is 0.00607. The van der Waals surface area contributed by atoms with Crippen LogP contribution in [0.2, 0.25) is 0 Å². The first-order chi connectivity index (χ1) is 13.2. The van der Waals surface area contributed by atoms with Crippen molar-refractivity contribution in [3.8, 4) is 0 Å². The maximum atomic E-state index is 12.7. The van der Waals surface area contributed by atoms with Gasteiger partial charge in [-0.3, -0.25) is 19.3 Å². The van der Waals surface area contributed by atoms with Crippen molar-refractivity contribution in [1.29, 1.82) is 0 Å². The van der Waals surface area contributed by atoms with Gasteiger partial charge in [0.25, 0.3) is 0 Å². The Morgan fingerprint density at radius 3 is 2.70 bits per heavy atom.